The summed E-state index contributed by atoms with van der Waals surface area (Å²) in [5.41, 5.74) is 0. The van der Waals surface area contributed by atoms with Gasteiger partial charge in [-0.2, -0.15) is 0 Å². The van der Waals surface area contributed by atoms with Gasteiger partial charge in [0.2, 0.25) is 0 Å². The van der Waals surface area contributed by atoms with Crippen LogP contribution in [0, 0.1) is 0 Å². The molecule has 4 heteroatoms. The van der Waals surface area contributed by atoms with Crippen LogP contribution in [0.1, 0.15) is 6.92 Å². The van der Waals surface area contributed by atoms with Crippen molar-refractivity contribution in [1.29, 1.82) is 0 Å². The average molecular weight is 230 g/mol. The Balaban J connectivity index is 3.64. The second-order valence-electron chi connectivity index (χ2n) is 1.46. The first kappa shape index (κ1) is 8.16. The van der Waals surface area contributed by atoms with E-state index in [4.69, 9.17) is 10.2 Å². The molecule has 3 nitrogen and oxygen atoms in total. The molecule has 2 N–H and O–H groups in total. The quantitative estimate of drug-likeness (QED) is 0.528. The third-order valence-corrected chi connectivity index (χ3v) is 1.37. The van der Waals surface area contributed by atoms with Crippen molar-refractivity contribution in [2.45, 2.75) is 17.0 Å². The van der Waals surface area contributed by atoms with Gasteiger partial charge >= 0.3 is 5.97 Å². The van der Waals surface area contributed by atoms with E-state index in [9.17, 15) is 4.79 Å². The number of aliphatic carboxylic acids is 1. The fourth-order valence-electron chi connectivity index (χ4n) is 0.196. The van der Waals surface area contributed by atoms with Gasteiger partial charge in [-0.05, 0) is 0 Å². The molecule has 0 heterocycles. The summed E-state index contributed by atoms with van der Waals surface area (Å²) in [6, 6.07) is 0. The number of alkyl halides is 1. The summed E-state index contributed by atoms with van der Waals surface area (Å²) in [4.78, 5) is 9.89. The van der Waals surface area contributed by atoms with Crippen molar-refractivity contribution in [3.63, 3.8) is 0 Å². The van der Waals surface area contributed by atoms with E-state index in [0.717, 1.165) is 0 Å². The molecule has 0 aliphatic heterocycles. The molecule has 0 aliphatic carbocycles. The largest absolute Gasteiger partial charge is 0.479 e. The minimum absolute atomic E-state index is 0.231. The van der Waals surface area contributed by atoms with Gasteiger partial charge in [0.1, 0.15) is 0 Å². The molecule has 0 bridgehead atoms. The minimum atomic E-state index is -1.23. The van der Waals surface area contributed by atoms with Crippen LogP contribution in [-0.4, -0.2) is 26.2 Å². The van der Waals surface area contributed by atoms with E-state index in [1.54, 1.807) is 6.92 Å². The smallest absolute Gasteiger partial charge is 0.333 e. The first-order valence-corrected chi connectivity index (χ1v) is 3.35. The molecule has 0 radical (unpaired) electrons. The van der Waals surface area contributed by atoms with Gasteiger partial charge in [0, 0.05) is 3.92 Å². The van der Waals surface area contributed by atoms with Crippen LogP contribution in [0.3, 0.4) is 0 Å². The molecular formula is C4H7IO3. The van der Waals surface area contributed by atoms with E-state index in [1.807, 2.05) is 22.6 Å². The Labute approximate surface area is 60.8 Å². The summed E-state index contributed by atoms with van der Waals surface area (Å²) in [5.74, 6) is -1.16. The van der Waals surface area contributed by atoms with Crippen molar-refractivity contribution in [3.8, 4) is 0 Å². The molecule has 1 unspecified atom stereocenters. The van der Waals surface area contributed by atoms with Crippen molar-refractivity contribution in [2.75, 3.05) is 0 Å². The van der Waals surface area contributed by atoms with Gasteiger partial charge in [-0.3, -0.25) is 0 Å². The summed E-state index contributed by atoms with van der Waals surface area (Å²) >= 11 is 1.85. The number of hydrogen-bond acceptors (Lipinski definition) is 2. The lowest BCUT2D eigenvalue weighted by Gasteiger charge is -2.04. The van der Waals surface area contributed by atoms with E-state index in [0.29, 0.717) is 0 Å². The molecule has 0 aliphatic rings. The predicted molar refractivity (Wildman–Crippen MR) is 37.1 cm³/mol. The Kier molecular flexibility index (Phi) is 3.30. The lowest BCUT2D eigenvalue weighted by Crippen LogP contribution is -2.27. The van der Waals surface area contributed by atoms with Gasteiger partial charge < -0.3 is 10.2 Å². The van der Waals surface area contributed by atoms with E-state index in [1.165, 1.54) is 0 Å². The molecule has 2 atom stereocenters. The SMILES string of the molecule is CC(I)[C@@H](O)C(=O)O. The average Bonchev–Trinajstić information content (AvgIpc) is 1.64. The maximum absolute atomic E-state index is 9.89. The summed E-state index contributed by atoms with van der Waals surface area (Å²) in [6.45, 7) is 1.64. The Morgan fingerprint density at radius 3 is 2.12 bits per heavy atom. The minimum Gasteiger partial charge on any atom is -0.479 e. The Bertz CT molecular complexity index is 91.3. The van der Waals surface area contributed by atoms with Gasteiger partial charge in [-0.25, -0.2) is 4.79 Å². The van der Waals surface area contributed by atoms with E-state index in [2.05, 4.69) is 0 Å². The highest BCUT2D eigenvalue weighted by atomic mass is 127. The number of carboxylic acid groups (broad SMARTS) is 1. The molecule has 0 aromatic rings. The van der Waals surface area contributed by atoms with Crippen molar-refractivity contribution in [2.24, 2.45) is 0 Å². The lowest BCUT2D eigenvalue weighted by molar-refractivity contribution is -0.146. The molecular weight excluding hydrogens is 223 g/mol. The highest BCUT2D eigenvalue weighted by Crippen LogP contribution is 2.03. The van der Waals surface area contributed by atoms with E-state index >= 15 is 0 Å². The Hall–Kier alpha value is 0.160. The molecule has 48 valence electrons. The zero-order valence-corrected chi connectivity index (χ0v) is 6.49. The number of halogens is 1. The third kappa shape index (κ3) is 2.46. The van der Waals surface area contributed by atoms with Crippen molar-refractivity contribution in [1.82, 2.24) is 0 Å². The molecule has 0 saturated heterocycles. The summed E-state index contributed by atoms with van der Waals surface area (Å²) < 4.78 is -0.231. The van der Waals surface area contributed by atoms with Gasteiger partial charge in [-0.1, -0.05) is 29.5 Å². The monoisotopic (exact) mass is 230 g/mol. The normalized spacial score (nSPS) is 17.4. The van der Waals surface area contributed by atoms with Crippen LogP contribution in [0.25, 0.3) is 0 Å². The van der Waals surface area contributed by atoms with Crippen LogP contribution in [-0.2, 0) is 4.79 Å². The Morgan fingerprint density at radius 1 is 1.75 bits per heavy atom. The molecule has 0 saturated carbocycles. The maximum atomic E-state index is 9.89. The maximum Gasteiger partial charge on any atom is 0.333 e. The highest BCUT2D eigenvalue weighted by molar-refractivity contribution is 14.1. The zero-order chi connectivity index (χ0) is 6.73. The van der Waals surface area contributed by atoms with Gasteiger partial charge in [0.15, 0.2) is 6.10 Å². The molecule has 0 aromatic carbocycles. The summed E-state index contributed by atoms with van der Waals surface area (Å²) in [6.07, 6.45) is -1.23. The van der Waals surface area contributed by atoms with Gasteiger partial charge in [-0.15, -0.1) is 0 Å². The van der Waals surface area contributed by atoms with Gasteiger partial charge in [0.25, 0.3) is 0 Å². The third-order valence-electron chi connectivity index (χ3n) is 0.688. The van der Waals surface area contributed by atoms with Crippen molar-refractivity contribution < 1.29 is 15.0 Å². The number of carbonyl (C=O) groups is 1. The van der Waals surface area contributed by atoms with Crippen LogP contribution in [0.4, 0.5) is 0 Å². The number of aliphatic hydroxyl groups excluding tert-OH is 1. The Morgan fingerprint density at radius 2 is 2.12 bits per heavy atom. The molecule has 0 spiro atoms. The topological polar surface area (TPSA) is 57.5 Å². The molecule has 0 fully saturated rings. The number of carboxylic acids is 1. The predicted octanol–water partition coefficient (Wildman–Crippen LogP) is 0.255. The number of aliphatic hydroxyl groups is 1. The molecule has 0 amide bonds. The molecule has 8 heavy (non-hydrogen) atoms. The lowest BCUT2D eigenvalue weighted by atomic mass is 10.3. The summed E-state index contributed by atoms with van der Waals surface area (Å²) in [5, 5.41) is 16.7. The zero-order valence-electron chi connectivity index (χ0n) is 4.34. The van der Waals surface area contributed by atoms with Crippen molar-refractivity contribution in [3.05, 3.63) is 0 Å². The van der Waals surface area contributed by atoms with Crippen LogP contribution in [0.2, 0.25) is 0 Å². The fourth-order valence-corrected chi connectivity index (χ4v) is 0.504. The first-order chi connectivity index (χ1) is 3.55. The second-order valence-corrected chi connectivity index (χ2v) is 3.43. The van der Waals surface area contributed by atoms with Crippen LogP contribution >= 0.6 is 22.6 Å². The molecule has 0 rings (SSSR count). The molecule has 0 aromatic heterocycles. The van der Waals surface area contributed by atoms with E-state index < -0.39 is 12.1 Å². The van der Waals surface area contributed by atoms with Crippen molar-refractivity contribution >= 4 is 28.6 Å². The fraction of sp³-hybridized carbons (Fsp3) is 0.750. The number of rotatable bonds is 2. The first-order valence-electron chi connectivity index (χ1n) is 2.10. The highest BCUT2D eigenvalue weighted by Gasteiger charge is 2.17. The van der Waals surface area contributed by atoms with Crippen LogP contribution in [0.5, 0.6) is 0 Å². The standard InChI is InChI=1S/C4H7IO3/c1-2(5)3(6)4(7)8/h2-3,6H,1H3,(H,7,8)/t2?,3-/m1/s1. The van der Waals surface area contributed by atoms with Crippen LogP contribution < -0.4 is 0 Å². The van der Waals surface area contributed by atoms with Crippen LogP contribution in [0.15, 0.2) is 0 Å². The number of hydrogen-bond donors (Lipinski definition) is 2. The van der Waals surface area contributed by atoms with Gasteiger partial charge in [0.05, 0.1) is 0 Å². The summed E-state index contributed by atoms with van der Waals surface area (Å²) in [7, 11) is 0. The van der Waals surface area contributed by atoms with E-state index in [-0.39, 0.29) is 3.92 Å². The second kappa shape index (κ2) is 3.24.